The number of nitrogens with zero attached hydrogens (tertiary/aromatic N) is 2. The summed E-state index contributed by atoms with van der Waals surface area (Å²) in [5, 5.41) is 10.0. The number of halogens is 2. The van der Waals surface area contributed by atoms with Gasteiger partial charge in [-0.05, 0) is 57.5 Å². The molecule has 4 rings (SSSR count). The maximum absolute atomic E-state index is 13.8. The molecule has 10 heteroatoms. The molecule has 2 aromatic carbocycles. The number of phenolic OH excluding ortho intramolecular Hbond substituents is 1. The molecular formula is C26H24Cl2N2O5S. The number of para-hydroxylation sites is 1. The van der Waals surface area contributed by atoms with E-state index in [1.807, 2.05) is 38.1 Å². The van der Waals surface area contributed by atoms with E-state index in [1.54, 1.807) is 19.9 Å². The molecule has 1 atom stereocenters. The summed E-state index contributed by atoms with van der Waals surface area (Å²) in [6.45, 7) is 7.44. The van der Waals surface area contributed by atoms with Crippen LogP contribution in [0.3, 0.4) is 0 Å². The van der Waals surface area contributed by atoms with Crippen LogP contribution in [0, 0.1) is 0 Å². The van der Waals surface area contributed by atoms with E-state index in [1.165, 1.54) is 28.0 Å². The summed E-state index contributed by atoms with van der Waals surface area (Å²) in [6.07, 6.45) is 1.50. The topological polar surface area (TPSA) is 90.1 Å². The summed E-state index contributed by atoms with van der Waals surface area (Å²) in [5.41, 5.74) is 1.56. The van der Waals surface area contributed by atoms with Crippen LogP contribution in [-0.2, 0) is 9.53 Å². The number of phenols is 1. The van der Waals surface area contributed by atoms with E-state index in [4.69, 9.17) is 32.7 Å². The number of rotatable bonds is 6. The second kappa shape index (κ2) is 10.5. The molecule has 1 aliphatic rings. The molecule has 0 spiro atoms. The smallest absolute Gasteiger partial charge is 0.338 e. The molecule has 3 aromatic rings. The lowest BCUT2D eigenvalue weighted by atomic mass is 9.95. The van der Waals surface area contributed by atoms with E-state index >= 15 is 0 Å². The van der Waals surface area contributed by atoms with Crippen LogP contribution in [0.4, 0.5) is 0 Å². The molecular weight excluding hydrogens is 523 g/mol. The number of aromatic nitrogens is 1. The standard InChI is InChI=1S/C26H24Cl2N2O5S/c1-5-34-25(33)21-14(4)29-26-30(22(21)16-8-6-7-9-19(16)35-13(2)3)24(32)20(36-26)12-15-10-17(27)23(31)18(28)11-15/h6-13,22,31H,5H2,1-4H3/b20-12+/t22-/m0/s1. The predicted molar refractivity (Wildman–Crippen MR) is 141 cm³/mol. The van der Waals surface area contributed by atoms with Crippen molar-refractivity contribution in [2.24, 2.45) is 4.99 Å². The maximum atomic E-state index is 13.8. The van der Waals surface area contributed by atoms with Crippen LogP contribution in [0.1, 0.15) is 44.9 Å². The molecule has 7 nitrogen and oxygen atoms in total. The van der Waals surface area contributed by atoms with Gasteiger partial charge in [0.2, 0.25) is 0 Å². The third-order valence-electron chi connectivity index (χ3n) is 5.43. The monoisotopic (exact) mass is 546 g/mol. The van der Waals surface area contributed by atoms with Gasteiger partial charge in [0.25, 0.3) is 5.56 Å². The molecule has 1 N–H and O–H groups in total. The maximum Gasteiger partial charge on any atom is 0.338 e. The quantitative estimate of drug-likeness (QED) is 0.456. The molecule has 188 valence electrons. The lowest BCUT2D eigenvalue weighted by Crippen LogP contribution is -2.40. The molecule has 0 saturated carbocycles. The predicted octanol–water partition coefficient (Wildman–Crippen LogP) is 4.60. The first-order valence-electron chi connectivity index (χ1n) is 11.3. The number of fused-ring (bicyclic) bond motifs is 1. The Morgan fingerprint density at radius 3 is 2.56 bits per heavy atom. The normalized spacial score (nSPS) is 15.6. The van der Waals surface area contributed by atoms with Gasteiger partial charge in [-0.2, -0.15) is 0 Å². The Morgan fingerprint density at radius 2 is 1.92 bits per heavy atom. The van der Waals surface area contributed by atoms with Crippen LogP contribution < -0.4 is 19.6 Å². The van der Waals surface area contributed by atoms with Crippen LogP contribution in [0.2, 0.25) is 10.0 Å². The zero-order valence-electron chi connectivity index (χ0n) is 20.0. The molecule has 0 radical (unpaired) electrons. The highest BCUT2D eigenvalue weighted by atomic mass is 35.5. The van der Waals surface area contributed by atoms with Crippen molar-refractivity contribution in [2.75, 3.05) is 6.61 Å². The Hall–Kier alpha value is -3.07. The van der Waals surface area contributed by atoms with Crippen molar-refractivity contribution in [2.45, 2.75) is 39.8 Å². The summed E-state index contributed by atoms with van der Waals surface area (Å²) in [7, 11) is 0. The van der Waals surface area contributed by atoms with Crippen molar-refractivity contribution >= 4 is 46.6 Å². The van der Waals surface area contributed by atoms with Gasteiger partial charge in [0.1, 0.15) is 11.8 Å². The first-order valence-corrected chi connectivity index (χ1v) is 12.8. The Balaban J connectivity index is 1.99. The van der Waals surface area contributed by atoms with Gasteiger partial charge in [-0.25, -0.2) is 9.79 Å². The van der Waals surface area contributed by atoms with E-state index < -0.39 is 12.0 Å². The fourth-order valence-electron chi connectivity index (χ4n) is 3.97. The van der Waals surface area contributed by atoms with Crippen LogP contribution >= 0.6 is 34.5 Å². The first-order chi connectivity index (χ1) is 17.1. The summed E-state index contributed by atoms with van der Waals surface area (Å²) in [6, 6.07) is 9.53. The van der Waals surface area contributed by atoms with E-state index in [9.17, 15) is 14.7 Å². The van der Waals surface area contributed by atoms with Crippen molar-refractivity contribution in [1.82, 2.24) is 4.57 Å². The van der Waals surface area contributed by atoms with Crippen molar-refractivity contribution in [3.05, 3.63) is 88.5 Å². The van der Waals surface area contributed by atoms with Crippen LogP contribution in [0.25, 0.3) is 6.08 Å². The molecule has 1 aromatic heterocycles. The van der Waals surface area contributed by atoms with Crippen LogP contribution in [0.5, 0.6) is 11.5 Å². The Morgan fingerprint density at radius 1 is 1.25 bits per heavy atom. The zero-order chi connectivity index (χ0) is 26.1. The number of ether oxygens (including phenoxy) is 2. The molecule has 36 heavy (non-hydrogen) atoms. The summed E-state index contributed by atoms with van der Waals surface area (Å²) in [5.74, 6) is -0.219. The number of carbonyl (C=O) groups is 1. The van der Waals surface area contributed by atoms with Gasteiger partial charge in [0.05, 0.1) is 38.6 Å². The van der Waals surface area contributed by atoms with Gasteiger partial charge in [-0.3, -0.25) is 9.36 Å². The molecule has 1 aliphatic heterocycles. The van der Waals surface area contributed by atoms with Gasteiger partial charge in [-0.15, -0.1) is 0 Å². The average molecular weight is 547 g/mol. The number of aromatic hydroxyl groups is 1. The van der Waals surface area contributed by atoms with Gasteiger partial charge < -0.3 is 14.6 Å². The largest absolute Gasteiger partial charge is 0.505 e. The van der Waals surface area contributed by atoms with E-state index in [-0.39, 0.29) is 39.6 Å². The van der Waals surface area contributed by atoms with E-state index in [2.05, 4.69) is 4.99 Å². The van der Waals surface area contributed by atoms with E-state index in [0.717, 1.165) is 0 Å². The SMILES string of the molecule is CCOC(=O)C1=C(C)N=c2s/c(=C/c3cc(Cl)c(O)c(Cl)c3)c(=O)n2[C@H]1c1ccccc1OC(C)C. The minimum Gasteiger partial charge on any atom is -0.505 e. The average Bonchev–Trinajstić information content (AvgIpc) is 3.11. The highest BCUT2D eigenvalue weighted by molar-refractivity contribution is 7.07. The second-order valence-corrected chi connectivity index (χ2v) is 10.2. The molecule has 0 bridgehead atoms. The zero-order valence-corrected chi connectivity index (χ0v) is 22.4. The Kier molecular flexibility index (Phi) is 7.59. The minimum absolute atomic E-state index is 0.0691. The summed E-state index contributed by atoms with van der Waals surface area (Å²) < 4.78 is 13.2. The molecule has 0 unspecified atom stereocenters. The summed E-state index contributed by atoms with van der Waals surface area (Å²) in [4.78, 5) is 31.9. The van der Waals surface area contributed by atoms with E-state index in [0.29, 0.717) is 31.9 Å². The van der Waals surface area contributed by atoms with Crippen LogP contribution in [0.15, 0.2) is 57.5 Å². The second-order valence-electron chi connectivity index (χ2n) is 8.34. The lowest BCUT2D eigenvalue weighted by molar-refractivity contribution is -0.139. The lowest BCUT2D eigenvalue weighted by Gasteiger charge is -2.26. The number of carbonyl (C=O) groups excluding carboxylic acids is 1. The third-order valence-corrected chi connectivity index (χ3v) is 6.99. The minimum atomic E-state index is -0.801. The highest BCUT2D eigenvalue weighted by Gasteiger charge is 2.35. The van der Waals surface area contributed by atoms with Crippen molar-refractivity contribution in [3.8, 4) is 11.5 Å². The van der Waals surface area contributed by atoms with Crippen molar-refractivity contribution in [3.63, 3.8) is 0 Å². The van der Waals surface area contributed by atoms with Crippen molar-refractivity contribution < 1.29 is 19.4 Å². The van der Waals surface area contributed by atoms with Gasteiger partial charge in [-0.1, -0.05) is 52.7 Å². The first kappa shape index (κ1) is 26.0. The third kappa shape index (κ3) is 4.93. The Labute approximate surface area is 221 Å². The number of allylic oxidation sites excluding steroid dienone is 1. The molecule has 0 aliphatic carbocycles. The number of thiazole rings is 1. The molecule has 0 fully saturated rings. The van der Waals surface area contributed by atoms with Gasteiger partial charge >= 0.3 is 5.97 Å². The number of hydrogen-bond donors (Lipinski definition) is 1. The fraction of sp³-hybridized carbons (Fsp3) is 0.269. The summed E-state index contributed by atoms with van der Waals surface area (Å²) >= 11 is 13.3. The number of benzene rings is 2. The van der Waals surface area contributed by atoms with Crippen LogP contribution in [-0.4, -0.2) is 28.4 Å². The van der Waals surface area contributed by atoms with Crippen molar-refractivity contribution in [1.29, 1.82) is 0 Å². The fourth-order valence-corrected chi connectivity index (χ4v) is 5.52. The number of hydrogen-bond acceptors (Lipinski definition) is 7. The molecule has 2 heterocycles. The highest BCUT2D eigenvalue weighted by Crippen LogP contribution is 2.36. The van der Waals surface area contributed by atoms with Gasteiger partial charge in [0.15, 0.2) is 10.6 Å². The number of esters is 1. The Bertz CT molecular complexity index is 1530. The van der Waals surface area contributed by atoms with Gasteiger partial charge in [0, 0.05) is 5.56 Å². The molecule has 0 amide bonds. The molecule has 0 saturated heterocycles.